The van der Waals surface area contributed by atoms with Crippen LogP contribution in [0.1, 0.15) is 60.7 Å². The van der Waals surface area contributed by atoms with Gasteiger partial charge in [0, 0.05) is 11.8 Å². The van der Waals surface area contributed by atoms with E-state index in [1.54, 1.807) is 6.07 Å². The minimum Gasteiger partial charge on any atom is -0.340 e. The third-order valence-electron chi connectivity index (χ3n) is 3.67. The molecular weight excluding hydrogens is 330 g/mol. The zero-order valence-electron chi connectivity index (χ0n) is 13.7. The molecule has 3 N–H and O–H groups in total. The summed E-state index contributed by atoms with van der Waals surface area (Å²) in [6.45, 7) is 3.27. The normalized spacial score (nSPS) is 14.6. The lowest BCUT2D eigenvalue weighted by molar-refractivity contribution is -0.127. The standard InChI is InChI=1S/C16H21N3O4S/c1-3-4-12(15(23)17-8-20)19-14(22)11-7-13(10-5-6-10)24-16(11)18-9(2)21/h7-8,10,12H,3-6H2,1-2H3,(H,18,21)(H,19,22)(H,17,20,23). The zero-order chi connectivity index (χ0) is 17.7. The average molecular weight is 351 g/mol. The summed E-state index contributed by atoms with van der Waals surface area (Å²) in [5, 5.41) is 7.89. The van der Waals surface area contributed by atoms with Crippen LogP contribution in [-0.4, -0.2) is 30.2 Å². The van der Waals surface area contributed by atoms with Crippen LogP contribution in [0.25, 0.3) is 0 Å². The van der Waals surface area contributed by atoms with E-state index < -0.39 is 17.9 Å². The Balaban J connectivity index is 2.18. The summed E-state index contributed by atoms with van der Waals surface area (Å²) in [5.41, 5.74) is 0.358. The van der Waals surface area contributed by atoms with E-state index in [2.05, 4.69) is 16.0 Å². The van der Waals surface area contributed by atoms with Gasteiger partial charge in [-0.15, -0.1) is 11.3 Å². The van der Waals surface area contributed by atoms with Crippen molar-refractivity contribution >= 4 is 40.5 Å². The number of carbonyl (C=O) groups is 4. The molecule has 1 aromatic heterocycles. The van der Waals surface area contributed by atoms with Crippen molar-refractivity contribution in [1.82, 2.24) is 10.6 Å². The molecule has 0 aliphatic heterocycles. The number of anilines is 1. The second-order valence-corrected chi connectivity index (χ2v) is 6.87. The quantitative estimate of drug-likeness (QED) is 0.621. The number of hydrogen-bond donors (Lipinski definition) is 3. The molecule has 0 spiro atoms. The number of hydrogen-bond acceptors (Lipinski definition) is 5. The number of carbonyl (C=O) groups excluding carboxylic acids is 4. The third-order valence-corrected chi connectivity index (χ3v) is 4.88. The van der Waals surface area contributed by atoms with Gasteiger partial charge in [-0.25, -0.2) is 0 Å². The molecule has 24 heavy (non-hydrogen) atoms. The lowest BCUT2D eigenvalue weighted by Crippen LogP contribution is -2.46. The number of nitrogens with one attached hydrogen (secondary N) is 3. The summed E-state index contributed by atoms with van der Waals surface area (Å²) in [6.07, 6.45) is 3.56. The van der Waals surface area contributed by atoms with Crippen LogP contribution in [0.3, 0.4) is 0 Å². The smallest absolute Gasteiger partial charge is 0.254 e. The van der Waals surface area contributed by atoms with Gasteiger partial charge in [0.05, 0.1) is 5.56 Å². The molecule has 1 atom stereocenters. The molecule has 1 saturated carbocycles. The first-order chi connectivity index (χ1) is 11.5. The zero-order valence-corrected chi connectivity index (χ0v) is 14.5. The van der Waals surface area contributed by atoms with Crippen LogP contribution in [0.5, 0.6) is 0 Å². The molecule has 0 bridgehead atoms. The van der Waals surface area contributed by atoms with Gasteiger partial charge in [0.2, 0.25) is 18.2 Å². The number of amides is 4. The van der Waals surface area contributed by atoms with Gasteiger partial charge in [0.15, 0.2) is 0 Å². The maximum Gasteiger partial charge on any atom is 0.254 e. The van der Waals surface area contributed by atoms with Crippen molar-refractivity contribution in [2.75, 3.05) is 5.32 Å². The van der Waals surface area contributed by atoms with Crippen molar-refractivity contribution in [1.29, 1.82) is 0 Å². The van der Waals surface area contributed by atoms with E-state index in [9.17, 15) is 19.2 Å². The fraction of sp³-hybridized carbons (Fsp3) is 0.500. The van der Waals surface area contributed by atoms with E-state index in [-0.39, 0.29) is 5.91 Å². The van der Waals surface area contributed by atoms with E-state index in [1.807, 2.05) is 6.92 Å². The number of rotatable bonds is 8. The monoisotopic (exact) mass is 351 g/mol. The van der Waals surface area contributed by atoms with Crippen LogP contribution >= 0.6 is 11.3 Å². The van der Waals surface area contributed by atoms with E-state index in [4.69, 9.17) is 0 Å². The van der Waals surface area contributed by atoms with Crippen molar-refractivity contribution < 1.29 is 19.2 Å². The first-order valence-corrected chi connectivity index (χ1v) is 8.74. The Bertz CT molecular complexity index is 652. The Labute approximate surface area is 144 Å². The molecule has 1 heterocycles. The predicted octanol–water partition coefficient (Wildman–Crippen LogP) is 1.75. The molecule has 0 aromatic carbocycles. The SMILES string of the molecule is CCCC(NC(=O)c1cc(C2CC2)sc1NC(C)=O)C(=O)NC=O. The van der Waals surface area contributed by atoms with Gasteiger partial charge in [-0.1, -0.05) is 13.3 Å². The minimum atomic E-state index is -0.790. The van der Waals surface area contributed by atoms with Gasteiger partial charge in [-0.05, 0) is 31.2 Å². The predicted molar refractivity (Wildman–Crippen MR) is 91.0 cm³/mol. The summed E-state index contributed by atoms with van der Waals surface area (Å²) < 4.78 is 0. The summed E-state index contributed by atoms with van der Waals surface area (Å²) in [5.74, 6) is -0.772. The molecule has 1 aliphatic carbocycles. The van der Waals surface area contributed by atoms with Crippen LogP contribution in [0.4, 0.5) is 5.00 Å². The first-order valence-electron chi connectivity index (χ1n) is 7.92. The van der Waals surface area contributed by atoms with Gasteiger partial charge in [-0.2, -0.15) is 0 Å². The van der Waals surface area contributed by atoms with E-state index in [1.165, 1.54) is 18.3 Å². The van der Waals surface area contributed by atoms with Gasteiger partial charge < -0.3 is 10.6 Å². The molecule has 0 saturated heterocycles. The largest absolute Gasteiger partial charge is 0.340 e. The highest BCUT2D eigenvalue weighted by Gasteiger charge is 2.29. The number of imide groups is 1. The summed E-state index contributed by atoms with van der Waals surface area (Å²) in [6, 6.07) is 0.992. The maximum absolute atomic E-state index is 12.6. The van der Waals surface area contributed by atoms with Gasteiger partial charge in [0.25, 0.3) is 5.91 Å². The topological polar surface area (TPSA) is 104 Å². The Morgan fingerprint density at radius 3 is 2.62 bits per heavy atom. The lowest BCUT2D eigenvalue weighted by atomic mass is 10.1. The van der Waals surface area contributed by atoms with Crippen LogP contribution in [0, 0.1) is 0 Å². The minimum absolute atomic E-state index is 0.253. The molecule has 4 amide bonds. The average Bonchev–Trinajstić information content (AvgIpc) is 3.28. The summed E-state index contributed by atoms with van der Waals surface area (Å²) in [4.78, 5) is 47.3. The fourth-order valence-electron chi connectivity index (χ4n) is 2.35. The Morgan fingerprint density at radius 1 is 1.38 bits per heavy atom. The van der Waals surface area contributed by atoms with Crippen molar-refractivity contribution in [3.8, 4) is 0 Å². The van der Waals surface area contributed by atoms with Crippen LogP contribution in [0.15, 0.2) is 6.07 Å². The van der Waals surface area contributed by atoms with E-state index in [0.29, 0.717) is 35.7 Å². The number of thiophene rings is 1. The van der Waals surface area contributed by atoms with Crippen molar-refractivity contribution in [2.45, 2.75) is 51.5 Å². The summed E-state index contributed by atoms with van der Waals surface area (Å²) >= 11 is 1.40. The Hall–Kier alpha value is -2.22. The van der Waals surface area contributed by atoms with Crippen molar-refractivity contribution in [3.05, 3.63) is 16.5 Å². The fourth-order valence-corrected chi connectivity index (χ4v) is 3.62. The third kappa shape index (κ3) is 4.64. The molecule has 130 valence electrons. The maximum atomic E-state index is 12.6. The van der Waals surface area contributed by atoms with Gasteiger partial charge in [0.1, 0.15) is 11.0 Å². The van der Waals surface area contributed by atoms with E-state index in [0.717, 1.165) is 17.7 Å². The van der Waals surface area contributed by atoms with Gasteiger partial charge in [-0.3, -0.25) is 24.5 Å². The lowest BCUT2D eigenvalue weighted by Gasteiger charge is -2.16. The molecule has 1 aromatic rings. The molecule has 2 rings (SSSR count). The summed E-state index contributed by atoms with van der Waals surface area (Å²) in [7, 11) is 0. The second-order valence-electron chi connectivity index (χ2n) is 5.79. The molecule has 0 radical (unpaired) electrons. The highest BCUT2D eigenvalue weighted by molar-refractivity contribution is 7.16. The van der Waals surface area contributed by atoms with Gasteiger partial charge >= 0.3 is 0 Å². The first kappa shape index (κ1) is 18.1. The second kappa shape index (κ2) is 8.05. The molecule has 1 unspecified atom stereocenters. The Morgan fingerprint density at radius 2 is 2.08 bits per heavy atom. The molecule has 7 nitrogen and oxygen atoms in total. The Kier molecular flexibility index (Phi) is 6.08. The van der Waals surface area contributed by atoms with Crippen molar-refractivity contribution in [2.24, 2.45) is 0 Å². The molecule has 1 aliphatic rings. The van der Waals surface area contributed by atoms with Crippen LogP contribution < -0.4 is 16.0 Å². The molecule has 1 fully saturated rings. The van der Waals surface area contributed by atoms with E-state index >= 15 is 0 Å². The van der Waals surface area contributed by atoms with Crippen LogP contribution in [-0.2, 0) is 14.4 Å². The molecule has 8 heteroatoms. The highest BCUT2D eigenvalue weighted by Crippen LogP contribution is 2.45. The van der Waals surface area contributed by atoms with Crippen molar-refractivity contribution in [3.63, 3.8) is 0 Å². The molecular formula is C16H21N3O4S. The highest BCUT2D eigenvalue weighted by atomic mass is 32.1. The van der Waals surface area contributed by atoms with Crippen LogP contribution in [0.2, 0.25) is 0 Å².